The van der Waals surface area contributed by atoms with E-state index in [1.807, 2.05) is 0 Å². The minimum Gasteiger partial charge on any atom is -0.381 e. The average molecular weight is 282 g/mol. The van der Waals surface area contributed by atoms with Crippen molar-refractivity contribution in [3.8, 4) is 0 Å². The fraction of sp³-hybridized carbons (Fsp3) is 1.00. The van der Waals surface area contributed by atoms with Gasteiger partial charge in [0.05, 0.1) is 6.61 Å². The van der Waals surface area contributed by atoms with Crippen LogP contribution in [0, 0.1) is 11.3 Å². The van der Waals surface area contributed by atoms with E-state index in [2.05, 4.69) is 24.1 Å². The van der Waals surface area contributed by atoms with Crippen molar-refractivity contribution in [2.75, 3.05) is 45.9 Å². The Morgan fingerprint density at radius 1 is 1.25 bits per heavy atom. The maximum Gasteiger partial charge on any atom is 0.0547 e. The molecular formula is C17H34N2O. The van der Waals surface area contributed by atoms with Crippen molar-refractivity contribution < 1.29 is 4.74 Å². The highest BCUT2D eigenvalue weighted by atomic mass is 16.5. The number of nitrogens with one attached hydrogen (secondary N) is 1. The first kappa shape index (κ1) is 16.3. The molecule has 0 aromatic carbocycles. The van der Waals surface area contributed by atoms with E-state index >= 15 is 0 Å². The van der Waals surface area contributed by atoms with Gasteiger partial charge in [0.15, 0.2) is 0 Å². The highest BCUT2D eigenvalue weighted by Gasteiger charge is 2.36. The molecule has 118 valence electrons. The van der Waals surface area contributed by atoms with Crippen molar-refractivity contribution in [3.63, 3.8) is 0 Å². The topological polar surface area (TPSA) is 24.5 Å². The van der Waals surface area contributed by atoms with Gasteiger partial charge >= 0.3 is 0 Å². The molecule has 2 fully saturated rings. The largest absolute Gasteiger partial charge is 0.381 e. The summed E-state index contributed by atoms with van der Waals surface area (Å²) in [7, 11) is 0. The first-order valence-corrected chi connectivity index (χ1v) is 8.79. The fourth-order valence-corrected chi connectivity index (χ4v) is 3.91. The van der Waals surface area contributed by atoms with Gasteiger partial charge in [0, 0.05) is 25.1 Å². The van der Waals surface area contributed by atoms with Gasteiger partial charge in [0.25, 0.3) is 0 Å². The van der Waals surface area contributed by atoms with Crippen LogP contribution in [0.25, 0.3) is 0 Å². The number of hydrogen-bond acceptors (Lipinski definition) is 3. The van der Waals surface area contributed by atoms with Crippen molar-refractivity contribution in [1.29, 1.82) is 0 Å². The summed E-state index contributed by atoms with van der Waals surface area (Å²) < 4.78 is 5.72. The van der Waals surface area contributed by atoms with Gasteiger partial charge in [-0.15, -0.1) is 0 Å². The summed E-state index contributed by atoms with van der Waals surface area (Å²) in [5, 5.41) is 3.56. The quantitative estimate of drug-likeness (QED) is 0.777. The molecule has 2 rings (SSSR count). The van der Waals surface area contributed by atoms with E-state index in [4.69, 9.17) is 4.74 Å². The second kappa shape index (κ2) is 8.35. The predicted molar refractivity (Wildman–Crippen MR) is 85.1 cm³/mol. The highest BCUT2D eigenvalue weighted by Crippen LogP contribution is 2.31. The molecule has 3 heteroatoms. The third kappa shape index (κ3) is 4.71. The molecular weight excluding hydrogens is 248 g/mol. The smallest absolute Gasteiger partial charge is 0.0547 e. The van der Waals surface area contributed by atoms with Crippen LogP contribution < -0.4 is 5.32 Å². The lowest BCUT2D eigenvalue weighted by Crippen LogP contribution is -2.45. The molecule has 2 aliphatic rings. The van der Waals surface area contributed by atoms with Crippen molar-refractivity contribution in [1.82, 2.24) is 10.2 Å². The normalized spacial score (nSPS) is 32.4. The number of likely N-dealkylation sites (tertiary alicyclic amines) is 1. The Morgan fingerprint density at radius 2 is 2.15 bits per heavy atom. The lowest BCUT2D eigenvalue weighted by Gasteiger charge is -2.34. The van der Waals surface area contributed by atoms with Crippen LogP contribution in [0.5, 0.6) is 0 Å². The number of nitrogens with zero attached hydrogens (tertiary/aromatic N) is 1. The molecule has 0 bridgehead atoms. The standard InChI is InChI=1S/C17H34N2O/c1-3-6-16-7-5-10-19(11-8-16)14-17(13-18-4-2)9-12-20-15-17/h16,18H,3-15H2,1-2H3. The molecule has 20 heavy (non-hydrogen) atoms. The SMILES string of the molecule is CCCC1CCCN(CC2(CNCC)CCOC2)CC1. The monoisotopic (exact) mass is 282 g/mol. The van der Waals surface area contributed by atoms with Gasteiger partial charge in [0.2, 0.25) is 0 Å². The molecule has 2 saturated heterocycles. The van der Waals surface area contributed by atoms with Crippen molar-refractivity contribution in [2.24, 2.45) is 11.3 Å². The van der Waals surface area contributed by atoms with Crippen molar-refractivity contribution >= 4 is 0 Å². The summed E-state index contributed by atoms with van der Waals surface area (Å²) in [6.45, 7) is 12.5. The minimum absolute atomic E-state index is 0.376. The summed E-state index contributed by atoms with van der Waals surface area (Å²) in [6.07, 6.45) is 8.26. The second-order valence-corrected chi connectivity index (χ2v) is 6.94. The average Bonchev–Trinajstić information content (AvgIpc) is 2.80. The maximum absolute atomic E-state index is 5.72. The van der Waals surface area contributed by atoms with Crippen LogP contribution >= 0.6 is 0 Å². The van der Waals surface area contributed by atoms with Gasteiger partial charge in [-0.2, -0.15) is 0 Å². The molecule has 2 atom stereocenters. The molecule has 0 radical (unpaired) electrons. The van der Waals surface area contributed by atoms with E-state index in [1.165, 1.54) is 58.2 Å². The fourth-order valence-electron chi connectivity index (χ4n) is 3.91. The third-order valence-corrected chi connectivity index (χ3v) is 5.13. The molecule has 1 N–H and O–H groups in total. The minimum atomic E-state index is 0.376. The summed E-state index contributed by atoms with van der Waals surface area (Å²) in [5.74, 6) is 0.981. The third-order valence-electron chi connectivity index (χ3n) is 5.13. The van der Waals surface area contributed by atoms with Gasteiger partial charge in [0.1, 0.15) is 0 Å². The molecule has 0 saturated carbocycles. The van der Waals surface area contributed by atoms with Crippen LogP contribution in [0.4, 0.5) is 0 Å². The van der Waals surface area contributed by atoms with E-state index in [-0.39, 0.29) is 0 Å². The first-order chi connectivity index (χ1) is 9.78. The molecule has 2 heterocycles. The molecule has 0 aromatic heterocycles. The van der Waals surface area contributed by atoms with Crippen LogP contribution in [0.2, 0.25) is 0 Å². The lowest BCUT2D eigenvalue weighted by molar-refractivity contribution is 0.109. The Bertz CT molecular complexity index is 264. The van der Waals surface area contributed by atoms with Crippen LogP contribution in [-0.2, 0) is 4.74 Å². The summed E-state index contributed by atoms with van der Waals surface area (Å²) >= 11 is 0. The van der Waals surface area contributed by atoms with Gasteiger partial charge in [-0.05, 0) is 51.2 Å². The van der Waals surface area contributed by atoms with E-state index < -0.39 is 0 Å². The van der Waals surface area contributed by atoms with Gasteiger partial charge in [-0.3, -0.25) is 0 Å². The summed E-state index contributed by atoms with van der Waals surface area (Å²) in [6, 6.07) is 0. The highest BCUT2D eigenvalue weighted by molar-refractivity contribution is 4.89. The molecule has 0 aliphatic carbocycles. The predicted octanol–water partition coefficient (Wildman–Crippen LogP) is 2.90. The molecule has 0 amide bonds. The number of ether oxygens (including phenoxy) is 1. The van der Waals surface area contributed by atoms with Gasteiger partial charge in [-0.25, -0.2) is 0 Å². The van der Waals surface area contributed by atoms with Gasteiger partial charge in [-0.1, -0.05) is 26.7 Å². The zero-order valence-corrected chi connectivity index (χ0v) is 13.6. The molecule has 0 aromatic rings. The van der Waals surface area contributed by atoms with E-state index in [1.54, 1.807) is 0 Å². The zero-order chi connectivity index (χ0) is 14.3. The Morgan fingerprint density at radius 3 is 2.85 bits per heavy atom. The van der Waals surface area contributed by atoms with Crippen LogP contribution in [0.1, 0.15) is 52.4 Å². The Hall–Kier alpha value is -0.120. The van der Waals surface area contributed by atoms with Crippen LogP contribution in [-0.4, -0.2) is 50.8 Å². The second-order valence-electron chi connectivity index (χ2n) is 6.94. The van der Waals surface area contributed by atoms with Crippen molar-refractivity contribution in [3.05, 3.63) is 0 Å². The molecule has 2 aliphatic heterocycles. The Labute approximate surface area is 125 Å². The molecule has 2 unspecified atom stereocenters. The summed E-state index contributed by atoms with van der Waals surface area (Å²) in [5.41, 5.74) is 0.376. The Kier molecular flexibility index (Phi) is 6.79. The Balaban J connectivity index is 1.84. The summed E-state index contributed by atoms with van der Waals surface area (Å²) in [4.78, 5) is 2.72. The van der Waals surface area contributed by atoms with Crippen LogP contribution in [0.15, 0.2) is 0 Å². The molecule has 0 spiro atoms. The molecule has 3 nitrogen and oxygen atoms in total. The number of rotatable bonds is 7. The zero-order valence-electron chi connectivity index (χ0n) is 13.6. The van der Waals surface area contributed by atoms with E-state index in [0.717, 1.165) is 32.2 Å². The lowest BCUT2D eigenvalue weighted by atomic mass is 9.86. The van der Waals surface area contributed by atoms with E-state index in [9.17, 15) is 0 Å². The van der Waals surface area contributed by atoms with Crippen molar-refractivity contribution in [2.45, 2.75) is 52.4 Å². The van der Waals surface area contributed by atoms with E-state index in [0.29, 0.717) is 5.41 Å². The van der Waals surface area contributed by atoms with Crippen LogP contribution in [0.3, 0.4) is 0 Å². The number of hydrogen-bond donors (Lipinski definition) is 1. The van der Waals surface area contributed by atoms with Gasteiger partial charge < -0.3 is 15.0 Å². The maximum atomic E-state index is 5.72. The first-order valence-electron chi connectivity index (χ1n) is 8.79.